The van der Waals surface area contributed by atoms with E-state index < -0.39 is 0 Å². The number of amides is 1. The average molecular weight is 440 g/mol. The third-order valence-corrected chi connectivity index (χ3v) is 6.76. The van der Waals surface area contributed by atoms with Crippen molar-refractivity contribution in [1.82, 2.24) is 5.32 Å². The molecular formula is C27H25N3O3. The molecule has 0 radical (unpaired) electrons. The van der Waals surface area contributed by atoms with Crippen LogP contribution in [-0.2, 0) is 0 Å². The maximum Gasteiger partial charge on any atom is 0.274 e. The normalized spacial score (nSPS) is 21.4. The van der Waals surface area contributed by atoms with E-state index in [9.17, 15) is 14.9 Å². The van der Waals surface area contributed by atoms with E-state index in [0.717, 1.165) is 23.2 Å². The van der Waals surface area contributed by atoms with Crippen LogP contribution in [0.15, 0.2) is 84.9 Å². The second-order valence-corrected chi connectivity index (χ2v) is 8.67. The maximum absolute atomic E-state index is 13.3. The smallest absolute Gasteiger partial charge is 0.274 e. The third-order valence-electron chi connectivity index (χ3n) is 6.76. The van der Waals surface area contributed by atoms with Gasteiger partial charge >= 0.3 is 0 Å². The molecule has 0 fully saturated rings. The van der Waals surface area contributed by atoms with Gasteiger partial charge in [-0.2, -0.15) is 0 Å². The molecule has 1 heterocycles. The molecule has 33 heavy (non-hydrogen) atoms. The first-order valence-electron chi connectivity index (χ1n) is 11.2. The minimum atomic E-state index is -0.329. The van der Waals surface area contributed by atoms with E-state index in [4.69, 9.17) is 0 Å². The molecule has 166 valence electrons. The number of carbonyl (C=O) groups excluding carboxylic acids is 1. The second-order valence-electron chi connectivity index (χ2n) is 8.67. The molecule has 3 aromatic carbocycles. The number of carbonyl (C=O) groups is 1. The van der Waals surface area contributed by atoms with Crippen LogP contribution in [0.1, 0.15) is 58.4 Å². The van der Waals surface area contributed by atoms with Crippen LogP contribution >= 0.6 is 0 Å². The molecule has 1 aliphatic heterocycles. The Balaban J connectivity index is 1.52. The molecule has 4 unspecified atom stereocenters. The Morgan fingerprint density at radius 1 is 1.03 bits per heavy atom. The van der Waals surface area contributed by atoms with E-state index in [1.807, 2.05) is 67.6 Å². The molecule has 0 aromatic heterocycles. The molecule has 0 bridgehead atoms. The highest BCUT2D eigenvalue weighted by Gasteiger charge is 2.41. The Hall–Kier alpha value is -3.93. The molecule has 1 aliphatic carbocycles. The lowest BCUT2D eigenvalue weighted by Crippen LogP contribution is -2.33. The Bertz CT molecular complexity index is 1240. The molecule has 6 nitrogen and oxygen atoms in total. The quantitative estimate of drug-likeness (QED) is 0.294. The monoisotopic (exact) mass is 439 g/mol. The molecule has 0 saturated carbocycles. The van der Waals surface area contributed by atoms with Gasteiger partial charge in [-0.25, -0.2) is 0 Å². The van der Waals surface area contributed by atoms with Crippen molar-refractivity contribution in [2.45, 2.75) is 31.3 Å². The molecule has 0 saturated heterocycles. The zero-order valence-electron chi connectivity index (χ0n) is 18.3. The summed E-state index contributed by atoms with van der Waals surface area (Å²) in [5, 5.41) is 18.4. The molecule has 5 rings (SSSR count). The standard InChI is InChI=1S/C27H25N3O3/c1-17(18-9-3-2-4-10-18)28-27(31)23-15-8-14-21-19-12-7-13-20(19)25(29-26(21)23)22-11-5-6-16-24(22)30(32)33/h2-12,14-17,19-20,25,29H,13H2,1H3,(H,28,31). The molecule has 1 amide bonds. The van der Waals surface area contributed by atoms with Crippen LogP contribution in [0.25, 0.3) is 0 Å². The summed E-state index contributed by atoms with van der Waals surface area (Å²) in [6.07, 6.45) is 5.13. The number of nitrogens with zero attached hydrogens (tertiary/aromatic N) is 1. The number of rotatable bonds is 5. The number of nitro benzene ring substituents is 1. The number of benzene rings is 3. The first-order chi connectivity index (χ1) is 16.0. The highest BCUT2D eigenvalue weighted by Crippen LogP contribution is 2.51. The lowest BCUT2D eigenvalue weighted by atomic mass is 9.76. The number of nitrogens with one attached hydrogen (secondary N) is 2. The summed E-state index contributed by atoms with van der Waals surface area (Å²) in [7, 11) is 0. The van der Waals surface area contributed by atoms with Gasteiger partial charge in [-0.15, -0.1) is 0 Å². The largest absolute Gasteiger partial charge is 0.377 e. The van der Waals surface area contributed by atoms with Gasteiger partial charge in [0, 0.05) is 12.0 Å². The lowest BCUT2D eigenvalue weighted by Gasteiger charge is -2.38. The van der Waals surface area contributed by atoms with E-state index in [1.165, 1.54) is 0 Å². The van der Waals surface area contributed by atoms with E-state index in [-0.39, 0.29) is 40.4 Å². The fourth-order valence-corrected chi connectivity index (χ4v) is 5.13. The predicted octanol–water partition coefficient (Wildman–Crippen LogP) is 5.91. The van der Waals surface area contributed by atoms with Crippen LogP contribution < -0.4 is 10.6 Å². The van der Waals surface area contributed by atoms with Crippen molar-refractivity contribution < 1.29 is 9.72 Å². The molecule has 3 aromatic rings. The van der Waals surface area contributed by atoms with Crippen LogP contribution in [0.3, 0.4) is 0 Å². The van der Waals surface area contributed by atoms with Gasteiger partial charge in [0.2, 0.25) is 0 Å². The van der Waals surface area contributed by atoms with Crippen molar-refractivity contribution in [3.8, 4) is 0 Å². The fraction of sp³-hybridized carbons (Fsp3) is 0.222. The van der Waals surface area contributed by atoms with Gasteiger partial charge in [-0.3, -0.25) is 14.9 Å². The SMILES string of the molecule is CC(NC(=O)c1cccc2c1NC(c1ccccc1[N+](=O)[O-])C1CC=CC21)c1ccccc1. The summed E-state index contributed by atoms with van der Waals surface area (Å²) < 4.78 is 0. The van der Waals surface area contributed by atoms with Gasteiger partial charge in [0.15, 0.2) is 0 Å². The van der Waals surface area contributed by atoms with E-state index in [1.54, 1.807) is 12.1 Å². The van der Waals surface area contributed by atoms with Crippen LogP contribution in [-0.4, -0.2) is 10.8 Å². The van der Waals surface area contributed by atoms with Crippen molar-refractivity contribution >= 4 is 17.3 Å². The number of hydrogen-bond acceptors (Lipinski definition) is 4. The van der Waals surface area contributed by atoms with Crippen molar-refractivity contribution in [1.29, 1.82) is 0 Å². The minimum Gasteiger partial charge on any atom is -0.377 e. The number of anilines is 1. The Morgan fingerprint density at radius 3 is 2.55 bits per heavy atom. The number of nitro groups is 1. The highest BCUT2D eigenvalue weighted by molar-refractivity contribution is 6.01. The first kappa shape index (κ1) is 20.9. The Morgan fingerprint density at radius 2 is 1.76 bits per heavy atom. The zero-order valence-corrected chi connectivity index (χ0v) is 18.3. The summed E-state index contributed by atoms with van der Waals surface area (Å²) in [6.45, 7) is 1.96. The number of para-hydroxylation sites is 2. The van der Waals surface area contributed by atoms with Gasteiger partial charge in [0.25, 0.3) is 11.6 Å². The van der Waals surface area contributed by atoms with Crippen molar-refractivity contribution in [2.24, 2.45) is 5.92 Å². The number of fused-ring (bicyclic) bond motifs is 3. The van der Waals surface area contributed by atoms with Gasteiger partial charge in [-0.05, 0) is 36.5 Å². The van der Waals surface area contributed by atoms with E-state index in [2.05, 4.69) is 22.8 Å². The molecule has 0 spiro atoms. The molecule has 2 aliphatic rings. The Labute approximate surface area is 192 Å². The topological polar surface area (TPSA) is 84.3 Å². The van der Waals surface area contributed by atoms with Crippen LogP contribution in [0.5, 0.6) is 0 Å². The van der Waals surface area contributed by atoms with Gasteiger partial charge < -0.3 is 10.6 Å². The van der Waals surface area contributed by atoms with Crippen molar-refractivity contribution in [2.75, 3.05) is 5.32 Å². The summed E-state index contributed by atoms with van der Waals surface area (Å²) in [4.78, 5) is 24.7. The Kier molecular flexibility index (Phi) is 5.42. The molecular weight excluding hydrogens is 414 g/mol. The number of allylic oxidation sites excluding steroid dienone is 2. The number of hydrogen-bond donors (Lipinski definition) is 2. The lowest BCUT2D eigenvalue weighted by molar-refractivity contribution is -0.385. The van der Waals surface area contributed by atoms with Gasteiger partial charge in [0.1, 0.15) is 0 Å². The van der Waals surface area contributed by atoms with Gasteiger partial charge in [0.05, 0.1) is 33.8 Å². The second kappa shape index (κ2) is 8.54. The molecule has 2 N–H and O–H groups in total. The van der Waals surface area contributed by atoms with Gasteiger partial charge in [-0.1, -0.05) is 72.8 Å². The first-order valence-corrected chi connectivity index (χ1v) is 11.2. The third kappa shape index (κ3) is 3.78. The maximum atomic E-state index is 13.3. The summed E-state index contributed by atoms with van der Waals surface area (Å²) in [5.74, 6) is 0.0861. The van der Waals surface area contributed by atoms with Crippen LogP contribution in [0, 0.1) is 16.0 Å². The van der Waals surface area contributed by atoms with E-state index >= 15 is 0 Å². The van der Waals surface area contributed by atoms with Crippen molar-refractivity contribution in [3.05, 3.63) is 117 Å². The van der Waals surface area contributed by atoms with E-state index in [0.29, 0.717) is 11.1 Å². The average Bonchev–Trinajstić information content (AvgIpc) is 3.34. The predicted molar refractivity (Wildman–Crippen MR) is 128 cm³/mol. The summed E-state index contributed by atoms with van der Waals surface area (Å²) in [5.41, 5.74) is 4.15. The molecule has 4 atom stereocenters. The summed E-state index contributed by atoms with van der Waals surface area (Å²) in [6, 6.07) is 22.1. The molecule has 6 heteroatoms. The summed E-state index contributed by atoms with van der Waals surface area (Å²) >= 11 is 0. The van der Waals surface area contributed by atoms with Crippen LogP contribution in [0.4, 0.5) is 11.4 Å². The zero-order chi connectivity index (χ0) is 22.9. The van der Waals surface area contributed by atoms with Crippen LogP contribution in [0.2, 0.25) is 0 Å². The minimum absolute atomic E-state index is 0.101. The van der Waals surface area contributed by atoms with Crippen molar-refractivity contribution in [3.63, 3.8) is 0 Å². The fourth-order valence-electron chi connectivity index (χ4n) is 5.13. The highest BCUT2D eigenvalue weighted by atomic mass is 16.6.